The van der Waals surface area contributed by atoms with Gasteiger partial charge < -0.3 is 0 Å². The summed E-state index contributed by atoms with van der Waals surface area (Å²) in [5, 5.41) is 2.57. The fourth-order valence-corrected chi connectivity index (χ4v) is 2.33. The van der Waals surface area contributed by atoms with Crippen molar-refractivity contribution >= 4 is 15.2 Å². The van der Waals surface area contributed by atoms with Gasteiger partial charge in [0.2, 0.25) is 15.2 Å². The van der Waals surface area contributed by atoms with Crippen molar-refractivity contribution in [3.05, 3.63) is 48.6 Å². The van der Waals surface area contributed by atoms with E-state index in [0.29, 0.717) is 0 Å². The molecule has 0 atom stereocenters. The maximum Gasteiger partial charge on any atom is 0.247 e. The first kappa shape index (κ1) is 8.59. The Morgan fingerprint density at radius 3 is 2.64 bits per heavy atom. The number of allylic oxidation sites excluding steroid dienone is 1. The van der Waals surface area contributed by atoms with Crippen LogP contribution in [-0.2, 0) is 5.28 Å². The first-order valence-electron chi connectivity index (χ1n) is 4.08. The summed E-state index contributed by atoms with van der Waals surface area (Å²) in [6.07, 6.45) is 2.04. The van der Waals surface area contributed by atoms with Crippen molar-refractivity contribution in [2.75, 3.05) is 0 Å². The quantitative estimate of drug-likeness (QED) is 0.360. The second-order valence-electron chi connectivity index (χ2n) is 2.67. The number of hydrogen-bond donors (Lipinski definition) is 0. The van der Waals surface area contributed by atoms with Gasteiger partial charge in [-0.05, 0) is 0 Å². The summed E-state index contributed by atoms with van der Waals surface area (Å²) in [4.78, 5) is 0. The van der Waals surface area contributed by atoms with Crippen LogP contribution < -0.4 is 0 Å². The minimum Gasteiger partial charge on any atom is -0.105 e. The summed E-state index contributed by atoms with van der Waals surface area (Å²) in [7, 11) is 0. The lowest BCUT2D eigenvalue weighted by atomic mass is 10.2. The van der Waals surface area contributed by atoms with Crippen molar-refractivity contribution in [2.24, 2.45) is 0 Å². The second kappa shape index (κ2) is 5.18. The number of hydrogen-bond acceptors (Lipinski definition) is 0. The van der Waals surface area contributed by atoms with Crippen LogP contribution in [0.15, 0.2) is 43.0 Å². The Morgan fingerprint density at radius 2 is 2.00 bits per heavy atom. The molecule has 1 rings (SSSR count). The van der Waals surface area contributed by atoms with Gasteiger partial charge in [0.25, 0.3) is 0 Å². The molecule has 0 aliphatic carbocycles. The Balaban J connectivity index is 2.33. The van der Waals surface area contributed by atoms with E-state index in [9.17, 15) is 0 Å². The van der Waals surface area contributed by atoms with Gasteiger partial charge >= 0.3 is 0 Å². The van der Waals surface area contributed by atoms with E-state index in [1.807, 2.05) is 6.08 Å². The zero-order chi connectivity index (χ0) is 7.94. The van der Waals surface area contributed by atoms with Crippen molar-refractivity contribution in [1.82, 2.24) is 0 Å². The third kappa shape index (κ3) is 3.41. The van der Waals surface area contributed by atoms with Crippen LogP contribution in [0.1, 0.15) is 5.56 Å². The second-order valence-corrected chi connectivity index (χ2v) is 4.45. The van der Waals surface area contributed by atoms with Crippen molar-refractivity contribution < 1.29 is 0 Å². The van der Waals surface area contributed by atoms with Gasteiger partial charge in [-0.15, -0.1) is 12.7 Å². The lowest BCUT2D eigenvalue weighted by molar-refractivity contribution is 1.37. The van der Waals surface area contributed by atoms with Gasteiger partial charge in [0.15, 0.2) is 0 Å². The van der Waals surface area contributed by atoms with Gasteiger partial charge in [-0.3, -0.25) is 0 Å². The van der Waals surface area contributed by atoms with Gasteiger partial charge in [-0.2, -0.15) is 0 Å². The topological polar surface area (TPSA) is 0 Å². The van der Waals surface area contributed by atoms with E-state index in [4.69, 9.17) is 0 Å². The van der Waals surface area contributed by atoms with Crippen LogP contribution in [0.25, 0.3) is 0 Å². The molecule has 0 saturated carbocycles. The van der Waals surface area contributed by atoms with Crippen molar-refractivity contribution in [3.63, 3.8) is 0 Å². The SMILES string of the molecule is C=C[CH2][AlH][CH2]c1ccccc1. The summed E-state index contributed by atoms with van der Waals surface area (Å²) in [5.41, 5.74) is 1.49. The molecule has 0 radical (unpaired) electrons. The van der Waals surface area contributed by atoms with Crippen molar-refractivity contribution in [2.45, 2.75) is 10.6 Å². The maximum atomic E-state index is 3.73. The summed E-state index contributed by atoms with van der Waals surface area (Å²) < 4.78 is 0. The number of benzene rings is 1. The van der Waals surface area contributed by atoms with E-state index in [-0.39, 0.29) is 15.2 Å². The minimum absolute atomic E-state index is 0.0950. The van der Waals surface area contributed by atoms with Gasteiger partial charge in [0, 0.05) is 0 Å². The molecule has 0 bridgehead atoms. The average Bonchev–Trinajstić information content (AvgIpc) is 2.07. The molecule has 0 aliphatic heterocycles. The third-order valence-corrected chi connectivity index (χ3v) is 3.46. The Hall–Kier alpha value is -0.508. The number of rotatable bonds is 4. The molecule has 1 aromatic rings. The molecular weight excluding hydrogens is 147 g/mol. The van der Waals surface area contributed by atoms with E-state index in [0.717, 1.165) is 0 Å². The van der Waals surface area contributed by atoms with Crippen LogP contribution in [0, 0.1) is 0 Å². The fourth-order valence-electron chi connectivity index (χ4n) is 1.10. The monoisotopic (exact) mass is 160 g/mol. The average molecular weight is 160 g/mol. The zero-order valence-electron chi connectivity index (χ0n) is 6.79. The smallest absolute Gasteiger partial charge is 0.105 e. The highest BCUT2D eigenvalue weighted by Crippen LogP contribution is 1.99. The van der Waals surface area contributed by atoms with Gasteiger partial charge in [-0.25, -0.2) is 0 Å². The van der Waals surface area contributed by atoms with Gasteiger partial charge in [0.1, 0.15) is 0 Å². The molecule has 56 valence electrons. The molecule has 0 aliphatic rings. The van der Waals surface area contributed by atoms with Gasteiger partial charge in [0.05, 0.1) is 0 Å². The fraction of sp³-hybridized carbons (Fsp3) is 0.200. The maximum absolute atomic E-state index is 3.73. The normalized spacial score (nSPS) is 9.09. The largest absolute Gasteiger partial charge is 0.247 e. The summed E-state index contributed by atoms with van der Waals surface area (Å²) in [6.45, 7) is 3.73. The Bertz CT molecular complexity index is 203. The van der Waals surface area contributed by atoms with Crippen LogP contribution in [-0.4, -0.2) is 15.2 Å². The predicted molar refractivity (Wildman–Crippen MR) is 52.3 cm³/mol. The molecule has 0 aromatic heterocycles. The lowest BCUT2D eigenvalue weighted by Crippen LogP contribution is -1.93. The molecule has 0 saturated heterocycles. The molecule has 0 N–H and O–H groups in total. The Kier molecular flexibility index (Phi) is 4.05. The molecule has 0 nitrogen and oxygen atoms in total. The van der Waals surface area contributed by atoms with E-state index in [1.165, 1.54) is 16.1 Å². The van der Waals surface area contributed by atoms with Crippen LogP contribution in [0.4, 0.5) is 0 Å². The van der Waals surface area contributed by atoms with Gasteiger partial charge in [-0.1, -0.05) is 46.5 Å². The van der Waals surface area contributed by atoms with E-state index >= 15 is 0 Å². The summed E-state index contributed by atoms with van der Waals surface area (Å²) in [6, 6.07) is 10.7. The van der Waals surface area contributed by atoms with Crippen LogP contribution in [0.5, 0.6) is 0 Å². The molecular formula is C10H13Al. The molecule has 1 heteroatoms. The summed E-state index contributed by atoms with van der Waals surface area (Å²) in [5.74, 6) is 0. The zero-order valence-corrected chi connectivity index (χ0v) is 8.21. The molecule has 0 heterocycles. The molecule has 1 aromatic carbocycles. The Morgan fingerprint density at radius 1 is 1.27 bits per heavy atom. The molecule has 0 unspecified atom stereocenters. The van der Waals surface area contributed by atoms with Crippen molar-refractivity contribution in [3.8, 4) is 0 Å². The van der Waals surface area contributed by atoms with Crippen LogP contribution in [0.2, 0.25) is 5.28 Å². The summed E-state index contributed by atoms with van der Waals surface area (Å²) >= 11 is 0.0950. The van der Waals surface area contributed by atoms with E-state index in [1.54, 1.807) is 0 Å². The van der Waals surface area contributed by atoms with Crippen LogP contribution >= 0.6 is 0 Å². The van der Waals surface area contributed by atoms with E-state index < -0.39 is 0 Å². The van der Waals surface area contributed by atoms with E-state index in [2.05, 4.69) is 36.9 Å². The highest BCUT2D eigenvalue weighted by atomic mass is 27.1. The molecule has 11 heavy (non-hydrogen) atoms. The highest BCUT2D eigenvalue weighted by molar-refractivity contribution is 6.35. The first-order chi connectivity index (χ1) is 5.43. The minimum atomic E-state index is 0.0950. The van der Waals surface area contributed by atoms with Crippen LogP contribution in [0.3, 0.4) is 0 Å². The molecule has 0 spiro atoms. The molecule has 0 fully saturated rings. The van der Waals surface area contributed by atoms with Crippen molar-refractivity contribution in [1.29, 1.82) is 0 Å². The predicted octanol–water partition coefficient (Wildman–Crippen LogP) is 2.23. The third-order valence-electron chi connectivity index (χ3n) is 1.72. The standard InChI is InChI=1S/C7H7.C3H5.Al.H/c1-7-5-3-2-4-6-7;1-3-2;;/h2-6H,1H2;3H,1-2H2;;. The Labute approximate surface area is 74.7 Å². The molecule has 0 amide bonds. The highest BCUT2D eigenvalue weighted by Gasteiger charge is 1.92. The first-order valence-corrected chi connectivity index (χ1v) is 6.08. The lowest BCUT2D eigenvalue weighted by Gasteiger charge is -1.94.